The highest BCUT2D eigenvalue weighted by Crippen LogP contribution is 2.37. The average Bonchev–Trinajstić information content (AvgIpc) is 2.44. The third kappa shape index (κ3) is 4.67. The first-order valence-corrected chi connectivity index (χ1v) is 8.60. The lowest BCUT2D eigenvalue weighted by atomic mass is 9.79. The first-order chi connectivity index (χ1) is 9.73. The van der Waals surface area contributed by atoms with Crippen molar-refractivity contribution >= 4 is 22.0 Å². The van der Waals surface area contributed by atoms with Gasteiger partial charge in [0, 0.05) is 12.6 Å². The molecule has 1 saturated carbocycles. The Hall–Kier alpha value is -1.15. The quantitative estimate of drug-likeness (QED) is 0.702. The van der Waals surface area contributed by atoms with E-state index < -0.39 is 27.5 Å². The molecule has 0 amide bonds. The lowest BCUT2D eigenvalue weighted by molar-refractivity contribution is -0.141. The van der Waals surface area contributed by atoms with Crippen LogP contribution in [0, 0.1) is 0 Å². The fourth-order valence-electron chi connectivity index (χ4n) is 2.84. The number of hydrogen-bond donors (Lipinski definition) is 1. The maximum atomic E-state index is 12.4. The summed E-state index contributed by atoms with van der Waals surface area (Å²) in [6.45, 7) is 0. The predicted molar refractivity (Wildman–Crippen MR) is 76.3 cm³/mol. The second-order valence-electron chi connectivity index (χ2n) is 5.47. The van der Waals surface area contributed by atoms with E-state index in [1.165, 1.54) is 18.5 Å². The Labute approximate surface area is 125 Å². The lowest BCUT2D eigenvalue weighted by Gasteiger charge is -2.42. The molecule has 0 aliphatic heterocycles. The Balaban J connectivity index is 2.90. The summed E-state index contributed by atoms with van der Waals surface area (Å²) < 4.78 is 30.3. The molecule has 0 atom stereocenters. The van der Waals surface area contributed by atoms with Crippen LogP contribution in [0.15, 0.2) is 0 Å². The van der Waals surface area contributed by atoms with Gasteiger partial charge < -0.3 is 9.84 Å². The molecule has 0 spiro atoms. The van der Waals surface area contributed by atoms with Gasteiger partial charge in [0.05, 0.1) is 25.7 Å². The number of ether oxygens (including phenoxy) is 1. The first kappa shape index (κ1) is 17.9. The van der Waals surface area contributed by atoms with Crippen molar-refractivity contribution < 1.29 is 27.9 Å². The number of carbonyl (C=O) groups excluding carboxylic acids is 1. The number of carboxylic acid groups (broad SMARTS) is 1. The van der Waals surface area contributed by atoms with Crippen LogP contribution in [0.1, 0.15) is 44.9 Å². The monoisotopic (exact) mass is 321 g/mol. The van der Waals surface area contributed by atoms with E-state index in [4.69, 9.17) is 5.11 Å². The second kappa shape index (κ2) is 7.22. The molecule has 0 aromatic carbocycles. The Kier molecular flexibility index (Phi) is 6.15. The van der Waals surface area contributed by atoms with Gasteiger partial charge in [0.25, 0.3) is 0 Å². The molecule has 1 aliphatic carbocycles. The fourth-order valence-corrected chi connectivity index (χ4v) is 4.38. The average molecular weight is 321 g/mol. The van der Waals surface area contributed by atoms with Crippen LogP contribution in [-0.4, -0.2) is 55.2 Å². The van der Waals surface area contributed by atoms with Crippen LogP contribution in [-0.2, 0) is 24.3 Å². The van der Waals surface area contributed by atoms with Crippen molar-refractivity contribution in [2.45, 2.75) is 50.5 Å². The number of methoxy groups -OCH3 is 1. The summed E-state index contributed by atoms with van der Waals surface area (Å²) >= 11 is 0. The van der Waals surface area contributed by atoms with Crippen LogP contribution in [0.5, 0.6) is 0 Å². The van der Waals surface area contributed by atoms with E-state index in [1.807, 2.05) is 0 Å². The molecule has 1 rings (SSSR count). The van der Waals surface area contributed by atoms with E-state index in [0.29, 0.717) is 12.8 Å². The largest absolute Gasteiger partial charge is 0.481 e. The van der Waals surface area contributed by atoms with Crippen molar-refractivity contribution in [2.24, 2.45) is 0 Å². The van der Waals surface area contributed by atoms with Crippen molar-refractivity contribution in [3.63, 3.8) is 0 Å². The van der Waals surface area contributed by atoms with Crippen LogP contribution in [0.3, 0.4) is 0 Å². The Morgan fingerprint density at radius 1 is 1.24 bits per heavy atom. The summed E-state index contributed by atoms with van der Waals surface area (Å²) in [5, 5.41) is 9.11. The first-order valence-electron chi connectivity index (χ1n) is 6.99. The Morgan fingerprint density at radius 2 is 1.81 bits per heavy atom. The molecule has 122 valence electrons. The van der Waals surface area contributed by atoms with Crippen LogP contribution in [0.2, 0.25) is 0 Å². The second-order valence-corrected chi connectivity index (χ2v) is 7.58. The summed E-state index contributed by atoms with van der Waals surface area (Å²) in [4.78, 5) is 22.2. The van der Waals surface area contributed by atoms with Crippen molar-refractivity contribution in [1.29, 1.82) is 0 Å². The molecule has 0 bridgehead atoms. The highest BCUT2D eigenvalue weighted by molar-refractivity contribution is 7.89. The zero-order valence-corrected chi connectivity index (χ0v) is 13.3. The lowest BCUT2D eigenvalue weighted by Crippen LogP contribution is -2.52. The summed E-state index contributed by atoms with van der Waals surface area (Å²) in [5.74, 6) is -1.97. The Bertz CT molecular complexity index is 481. The number of hydrogen-bond acceptors (Lipinski definition) is 5. The SMILES string of the molecule is COC(=O)CCS(=O)(=O)N(C)C1(CC(=O)O)CCCCC1. The molecule has 0 aromatic rings. The van der Waals surface area contributed by atoms with Gasteiger partial charge in [-0.1, -0.05) is 19.3 Å². The molecule has 1 N–H and O–H groups in total. The van der Waals surface area contributed by atoms with E-state index in [9.17, 15) is 18.0 Å². The molecule has 0 radical (unpaired) electrons. The van der Waals surface area contributed by atoms with Gasteiger partial charge in [0.15, 0.2) is 0 Å². The minimum Gasteiger partial charge on any atom is -0.481 e. The van der Waals surface area contributed by atoms with Crippen molar-refractivity contribution in [2.75, 3.05) is 19.9 Å². The molecule has 1 fully saturated rings. The van der Waals surface area contributed by atoms with Gasteiger partial charge in [-0.2, -0.15) is 4.31 Å². The molecule has 0 saturated heterocycles. The number of aliphatic carboxylic acids is 1. The Morgan fingerprint density at radius 3 is 2.29 bits per heavy atom. The number of nitrogens with zero attached hydrogens (tertiary/aromatic N) is 1. The van der Waals surface area contributed by atoms with Gasteiger partial charge in [-0.25, -0.2) is 8.42 Å². The number of carbonyl (C=O) groups is 2. The maximum absolute atomic E-state index is 12.4. The number of carboxylic acids is 1. The number of esters is 1. The molecule has 1 aliphatic rings. The molecule has 0 aromatic heterocycles. The summed E-state index contributed by atoms with van der Waals surface area (Å²) in [6.07, 6.45) is 3.24. The van der Waals surface area contributed by atoms with Crippen LogP contribution < -0.4 is 0 Å². The topological polar surface area (TPSA) is 101 Å². The van der Waals surface area contributed by atoms with Gasteiger partial charge >= 0.3 is 11.9 Å². The molecular formula is C13H23NO6S. The summed E-state index contributed by atoms with van der Waals surface area (Å²) in [6, 6.07) is 0. The standard InChI is InChI=1S/C13H23NO6S/c1-14(21(18,19)9-6-12(17)20-2)13(10-11(15)16)7-4-3-5-8-13/h3-10H2,1-2H3,(H,15,16). The van der Waals surface area contributed by atoms with E-state index >= 15 is 0 Å². The van der Waals surface area contributed by atoms with Crippen LogP contribution in [0.25, 0.3) is 0 Å². The van der Waals surface area contributed by atoms with E-state index in [-0.39, 0.29) is 18.6 Å². The zero-order valence-electron chi connectivity index (χ0n) is 12.5. The van der Waals surface area contributed by atoms with Crippen LogP contribution in [0.4, 0.5) is 0 Å². The van der Waals surface area contributed by atoms with E-state index in [2.05, 4.69) is 4.74 Å². The van der Waals surface area contributed by atoms with E-state index in [1.54, 1.807) is 0 Å². The third-order valence-corrected chi connectivity index (χ3v) is 6.08. The fraction of sp³-hybridized carbons (Fsp3) is 0.846. The van der Waals surface area contributed by atoms with Crippen molar-refractivity contribution in [1.82, 2.24) is 4.31 Å². The molecule has 0 heterocycles. The van der Waals surface area contributed by atoms with Gasteiger partial charge in [-0.05, 0) is 12.8 Å². The number of rotatable bonds is 7. The van der Waals surface area contributed by atoms with Gasteiger partial charge in [-0.15, -0.1) is 0 Å². The summed E-state index contributed by atoms with van der Waals surface area (Å²) in [5.41, 5.74) is -0.876. The predicted octanol–water partition coefficient (Wildman–Crippen LogP) is 0.989. The minimum atomic E-state index is -3.70. The van der Waals surface area contributed by atoms with Crippen molar-refractivity contribution in [3.05, 3.63) is 0 Å². The van der Waals surface area contributed by atoms with Gasteiger partial charge in [0.1, 0.15) is 0 Å². The smallest absolute Gasteiger partial charge is 0.306 e. The van der Waals surface area contributed by atoms with E-state index in [0.717, 1.165) is 19.3 Å². The minimum absolute atomic E-state index is 0.207. The molecule has 8 heteroatoms. The number of sulfonamides is 1. The van der Waals surface area contributed by atoms with Crippen LogP contribution >= 0.6 is 0 Å². The molecular weight excluding hydrogens is 298 g/mol. The van der Waals surface area contributed by atoms with Gasteiger partial charge in [-0.3, -0.25) is 9.59 Å². The highest BCUT2D eigenvalue weighted by Gasteiger charge is 2.43. The zero-order chi connectivity index (χ0) is 16.1. The van der Waals surface area contributed by atoms with Crippen molar-refractivity contribution in [3.8, 4) is 0 Å². The normalized spacial score (nSPS) is 18.4. The third-order valence-electron chi connectivity index (χ3n) is 4.14. The molecule has 21 heavy (non-hydrogen) atoms. The highest BCUT2D eigenvalue weighted by atomic mass is 32.2. The maximum Gasteiger partial charge on any atom is 0.306 e. The summed E-state index contributed by atoms with van der Waals surface area (Å²) in [7, 11) is -1.08. The molecule has 0 unspecified atom stereocenters. The van der Waals surface area contributed by atoms with Gasteiger partial charge in [0.2, 0.25) is 10.0 Å². The molecule has 7 nitrogen and oxygen atoms in total.